The van der Waals surface area contributed by atoms with Crippen LogP contribution >= 0.6 is 57.9 Å². The summed E-state index contributed by atoms with van der Waals surface area (Å²) < 4.78 is 7.70. The van der Waals surface area contributed by atoms with E-state index in [0.717, 1.165) is 17.1 Å². The number of ether oxygens (including phenoxy) is 1. The molecule has 0 aliphatic heterocycles. The van der Waals surface area contributed by atoms with E-state index in [1.54, 1.807) is 36.4 Å². The molecule has 7 nitrogen and oxygen atoms in total. The van der Waals surface area contributed by atoms with Crippen molar-refractivity contribution in [1.82, 2.24) is 19.7 Å². The maximum atomic E-state index is 12.6. The van der Waals surface area contributed by atoms with Crippen molar-refractivity contribution < 1.29 is 9.53 Å². The minimum Gasteiger partial charge on any atom is -0.492 e. The van der Waals surface area contributed by atoms with E-state index < -0.39 is 0 Å². The van der Waals surface area contributed by atoms with E-state index in [0.29, 0.717) is 57.1 Å². The van der Waals surface area contributed by atoms with Crippen LogP contribution in [0.3, 0.4) is 0 Å². The minimum absolute atomic E-state index is 0.170. The Morgan fingerprint density at radius 3 is 2.68 bits per heavy atom. The summed E-state index contributed by atoms with van der Waals surface area (Å²) in [4.78, 5) is 17.0. The minimum atomic E-state index is -0.176. The first-order valence-electron chi connectivity index (χ1n) is 11.2. The SMILES string of the molecule is C=CCn1c(CCCOc2ccc(Cl)cc2Cl)nnc1SCC(=O)Nc1nc(-c2ccc(Cl)cc2)cs1. The Labute approximate surface area is 237 Å². The predicted octanol–water partition coefficient (Wildman–Crippen LogP) is 7.29. The third-order valence-corrected chi connectivity index (χ3v) is 7.53. The summed E-state index contributed by atoms with van der Waals surface area (Å²) in [6.07, 6.45) is 3.12. The van der Waals surface area contributed by atoms with Gasteiger partial charge in [0.05, 0.1) is 23.1 Å². The molecule has 2 aromatic heterocycles. The largest absolute Gasteiger partial charge is 0.492 e. The highest BCUT2D eigenvalue weighted by Gasteiger charge is 2.15. The second-order valence-electron chi connectivity index (χ2n) is 7.71. The zero-order chi connectivity index (χ0) is 26.2. The van der Waals surface area contributed by atoms with E-state index in [2.05, 4.69) is 27.1 Å². The molecule has 0 saturated carbocycles. The van der Waals surface area contributed by atoms with E-state index in [1.165, 1.54) is 23.1 Å². The van der Waals surface area contributed by atoms with Crippen molar-refractivity contribution in [3.63, 3.8) is 0 Å². The Balaban J connectivity index is 1.28. The van der Waals surface area contributed by atoms with Crippen molar-refractivity contribution in [3.05, 3.63) is 81.4 Å². The third kappa shape index (κ3) is 7.72. The second-order valence-corrected chi connectivity index (χ2v) is 10.8. The number of anilines is 1. The summed E-state index contributed by atoms with van der Waals surface area (Å²) in [6, 6.07) is 12.5. The van der Waals surface area contributed by atoms with E-state index in [9.17, 15) is 4.79 Å². The fraction of sp³-hybridized carbons (Fsp3) is 0.200. The smallest absolute Gasteiger partial charge is 0.236 e. The molecule has 0 atom stereocenters. The maximum Gasteiger partial charge on any atom is 0.236 e. The lowest BCUT2D eigenvalue weighted by atomic mass is 10.2. The zero-order valence-corrected chi connectivity index (χ0v) is 23.4. The molecule has 192 valence electrons. The van der Waals surface area contributed by atoms with Crippen molar-refractivity contribution in [2.75, 3.05) is 17.7 Å². The number of carbonyl (C=O) groups is 1. The molecule has 0 saturated heterocycles. The van der Waals surface area contributed by atoms with Gasteiger partial charge >= 0.3 is 0 Å². The number of aryl methyl sites for hydroxylation is 1. The van der Waals surface area contributed by atoms with Crippen LogP contribution in [0.15, 0.2) is 65.7 Å². The number of hydrogen-bond donors (Lipinski definition) is 1. The Kier molecular flexibility index (Phi) is 9.88. The highest BCUT2D eigenvalue weighted by molar-refractivity contribution is 7.99. The van der Waals surface area contributed by atoms with Crippen LogP contribution in [0, 0.1) is 0 Å². The molecule has 0 radical (unpaired) electrons. The van der Waals surface area contributed by atoms with Crippen molar-refractivity contribution in [1.29, 1.82) is 0 Å². The van der Waals surface area contributed by atoms with Gasteiger partial charge < -0.3 is 14.6 Å². The lowest BCUT2D eigenvalue weighted by Crippen LogP contribution is -2.14. The van der Waals surface area contributed by atoms with Gasteiger partial charge in [-0.05, 0) is 36.8 Å². The van der Waals surface area contributed by atoms with Crippen LogP contribution in [-0.2, 0) is 17.8 Å². The third-order valence-electron chi connectivity index (χ3n) is 5.02. The Hall–Kier alpha value is -2.56. The highest BCUT2D eigenvalue weighted by atomic mass is 35.5. The number of hydrogen-bond acceptors (Lipinski definition) is 7. The number of carbonyl (C=O) groups excluding carboxylic acids is 1. The number of thiazole rings is 1. The van der Waals surface area contributed by atoms with E-state index >= 15 is 0 Å². The normalized spacial score (nSPS) is 10.9. The standard InChI is InChI=1S/C25H22Cl3N5O2S2/c1-2-11-33-22(4-3-12-35-21-10-9-18(27)13-19(21)28)31-32-25(33)37-15-23(34)30-24-29-20(14-36-24)16-5-7-17(26)8-6-16/h2,5-10,13-14H,1,3-4,11-12,15H2,(H,29,30,34). The highest BCUT2D eigenvalue weighted by Crippen LogP contribution is 2.28. The van der Waals surface area contributed by atoms with Crippen molar-refractivity contribution in [2.45, 2.75) is 24.5 Å². The second kappa shape index (κ2) is 13.3. The molecule has 0 bridgehead atoms. The Morgan fingerprint density at radius 1 is 1.14 bits per heavy atom. The summed E-state index contributed by atoms with van der Waals surface area (Å²) in [7, 11) is 0. The van der Waals surface area contributed by atoms with Gasteiger partial charge in [-0.1, -0.05) is 64.8 Å². The molecule has 0 aliphatic carbocycles. The van der Waals surface area contributed by atoms with Gasteiger partial charge in [0.2, 0.25) is 5.91 Å². The van der Waals surface area contributed by atoms with Gasteiger partial charge in [0, 0.05) is 34.0 Å². The molecule has 37 heavy (non-hydrogen) atoms. The zero-order valence-electron chi connectivity index (χ0n) is 19.5. The molecule has 2 heterocycles. The molecular weight excluding hydrogens is 573 g/mol. The first-order valence-corrected chi connectivity index (χ1v) is 14.2. The number of allylic oxidation sites excluding steroid dienone is 1. The molecule has 1 amide bonds. The summed E-state index contributed by atoms with van der Waals surface area (Å²) >= 11 is 20.7. The van der Waals surface area contributed by atoms with Gasteiger partial charge in [0.1, 0.15) is 11.6 Å². The quantitative estimate of drug-likeness (QED) is 0.105. The maximum absolute atomic E-state index is 12.6. The number of nitrogens with zero attached hydrogens (tertiary/aromatic N) is 4. The summed E-state index contributed by atoms with van der Waals surface area (Å²) in [5.41, 5.74) is 1.71. The Bertz CT molecular complexity index is 1380. The molecule has 4 rings (SSSR count). The Morgan fingerprint density at radius 2 is 1.92 bits per heavy atom. The summed E-state index contributed by atoms with van der Waals surface area (Å²) in [6.45, 7) is 4.82. The van der Waals surface area contributed by atoms with Gasteiger partial charge in [-0.2, -0.15) is 0 Å². The average Bonchev–Trinajstić information content (AvgIpc) is 3.49. The van der Waals surface area contributed by atoms with Gasteiger partial charge in [0.25, 0.3) is 0 Å². The molecule has 0 aliphatic rings. The van der Waals surface area contributed by atoms with Crippen LogP contribution in [0.2, 0.25) is 15.1 Å². The lowest BCUT2D eigenvalue weighted by Gasteiger charge is -2.09. The molecule has 1 N–H and O–H groups in total. The molecule has 0 spiro atoms. The predicted molar refractivity (Wildman–Crippen MR) is 152 cm³/mol. The molecule has 0 unspecified atom stereocenters. The van der Waals surface area contributed by atoms with Crippen LogP contribution in [0.5, 0.6) is 5.75 Å². The molecule has 2 aromatic carbocycles. The number of amides is 1. The number of halogens is 3. The molecule has 12 heteroatoms. The topological polar surface area (TPSA) is 81.9 Å². The molecule has 4 aromatic rings. The number of aromatic nitrogens is 4. The average molecular weight is 595 g/mol. The fourth-order valence-electron chi connectivity index (χ4n) is 3.30. The molecular formula is C25H22Cl3N5O2S2. The first kappa shape index (κ1) is 27.5. The summed E-state index contributed by atoms with van der Waals surface area (Å²) in [5.74, 6) is 1.37. The van der Waals surface area contributed by atoms with Crippen molar-refractivity contribution in [2.24, 2.45) is 0 Å². The number of rotatable bonds is 12. The van der Waals surface area contributed by atoms with Crippen LogP contribution in [0.4, 0.5) is 5.13 Å². The van der Waals surface area contributed by atoms with E-state index in [1.807, 2.05) is 22.1 Å². The molecule has 0 fully saturated rings. The monoisotopic (exact) mass is 593 g/mol. The van der Waals surface area contributed by atoms with Crippen LogP contribution in [0.25, 0.3) is 11.3 Å². The van der Waals surface area contributed by atoms with E-state index in [4.69, 9.17) is 39.5 Å². The van der Waals surface area contributed by atoms with Crippen LogP contribution in [0.1, 0.15) is 12.2 Å². The van der Waals surface area contributed by atoms with Crippen molar-refractivity contribution >= 4 is 68.9 Å². The van der Waals surface area contributed by atoms with Crippen molar-refractivity contribution in [3.8, 4) is 17.0 Å². The summed E-state index contributed by atoms with van der Waals surface area (Å²) in [5, 5.41) is 16.2. The van der Waals surface area contributed by atoms with Gasteiger partial charge in [-0.3, -0.25) is 4.79 Å². The van der Waals surface area contributed by atoms with Gasteiger partial charge in [0.15, 0.2) is 10.3 Å². The fourth-order valence-corrected chi connectivity index (χ4v) is 5.39. The lowest BCUT2D eigenvalue weighted by molar-refractivity contribution is -0.113. The van der Waals surface area contributed by atoms with Crippen LogP contribution in [-0.4, -0.2) is 38.0 Å². The van der Waals surface area contributed by atoms with Gasteiger partial charge in [-0.15, -0.1) is 28.1 Å². The number of nitrogens with one attached hydrogen (secondary N) is 1. The van der Waals surface area contributed by atoms with Gasteiger partial charge in [-0.25, -0.2) is 4.98 Å². The van der Waals surface area contributed by atoms with Crippen LogP contribution < -0.4 is 10.1 Å². The number of thioether (sulfide) groups is 1. The van der Waals surface area contributed by atoms with E-state index in [-0.39, 0.29) is 11.7 Å². The first-order chi connectivity index (χ1) is 17.9. The number of benzene rings is 2.